The van der Waals surface area contributed by atoms with Gasteiger partial charge in [-0.05, 0) is 66.7 Å². The van der Waals surface area contributed by atoms with E-state index in [1.54, 1.807) is 12.3 Å². The normalized spacial score (nSPS) is 13.2. The number of nitrogens with zero attached hydrogens (tertiary/aromatic N) is 5. The van der Waals surface area contributed by atoms with Crippen molar-refractivity contribution in [3.8, 4) is 22.6 Å². The molecule has 0 spiro atoms. The lowest BCUT2D eigenvalue weighted by atomic mass is 10.1. The molecule has 4 heterocycles. The van der Waals surface area contributed by atoms with Crippen molar-refractivity contribution < 1.29 is 13.9 Å². The number of carbonyl (C=O) groups excluding carboxylic acids is 1. The zero-order valence-electron chi connectivity index (χ0n) is 23.4. The first-order chi connectivity index (χ1) is 21.6. The highest BCUT2D eigenvalue weighted by Gasteiger charge is 2.19. The van der Waals surface area contributed by atoms with Crippen LogP contribution in [0.5, 0.6) is 0 Å². The predicted octanol–water partition coefficient (Wildman–Crippen LogP) is 6.88. The van der Waals surface area contributed by atoms with Crippen LogP contribution in [0.15, 0.2) is 96.6 Å². The molecular weight excluding hydrogens is 579 g/mol. The van der Waals surface area contributed by atoms with Gasteiger partial charge in [0.25, 0.3) is 0 Å². The van der Waals surface area contributed by atoms with Crippen molar-refractivity contribution in [3.05, 3.63) is 102 Å². The molecule has 2 amide bonds. The van der Waals surface area contributed by atoms with Gasteiger partial charge in [-0.15, -0.1) is 11.3 Å². The summed E-state index contributed by atoms with van der Waals surface area (Å²) >= 11 is 1.52. The zero-order chi connectivity index (χ0) is 29.9. The zero-order valence-corrected chi connectivity index (χ0v) is 24.2. The molecule has 0 atom stereocenters. The Hall–Kier alpha value is -5.33. The molecular formula is C32H27FN8O2S. The Bertz CT molecular complexity index is 1920. The Morgan fingerprint density at radius 2 is 1.66 bits per heavy atom. The number of carbonyl (C=O) groups is 1. The Balaban J connectivity index is 1.13. The van der Waals surface area contributed by atoms with E-state index in [0.717, 1.165) is 59.6 Å². The maximum absolute atomic E-state index is 13.2. The quantitative estimate of drug-likeness (QED) is 0.182. The van der Waals surface area contributed by atoms with Gasteiger partial charge >= 0.3 is 6.03 Å². The third-order valence-corrected chi connectivity index (χ3v) is 7.91. The van der Waals surface area contributed by atoms with Crippen molar-refractivity contribution in [2.75, 3.05) is 47.2 Å². The molecule has 0 unspecified atom stereocenters. The highest BCUT2D eigenvalue weighted by Crippen LogP contribution is 2.35. The number of halogens is 1. The monoisotopic (exact) mass is 606 g/mol. The molecule has 12 heteroatoms. The van der Waals surface area contributed by atoms with E-state index >= 15 is 0 Å². The van der Waals surface area contributed by atoms with Gasteiger partial charge in [0.2, 0.25) is 5.95 Å². The summed E-state index contributed by atoms with van der Waals surface area (Å²) in [5.74, 6) is 0.0924. The lowest BCUT2D eigenvalue weighted by Crippen LogP contribution is -2.36. The van der Waals surface area contributed by atoms with Crippen molar-refractivity contribution in [1.82, 2.24) is 19.4 Å². The molecule has 3 aromatic carbocycles. The van der Waals surface area contributed by atoms with E-state index in [-0.39, 0.29) is 5.82 Å². The number of imidazole rings is 1. The molecule has 1 aliphatic rings. The first-order valence-corrected chi connectivity index (χ1v) is 14.9. The second-order valence-electron chi connectivity index (χ2n) is 10.1. The maximum Gasteiger partial charge on any atom is 0.323 e. The second kappa shape index (κ2) is 12.1. The number of nitrogens with one attached hydrogen (secondary N) is 3. The van der Waals surface area contributed by atoms with E-state index in [4.69, 9.17) is 14.7 Å². The molecule has 0 saturated carbocycles. The number of thiazole rings is 1. The third kappa shape index (κ3) is 5.93. The molecule has 1 fully saturated rings. The number of amides is 2. The van der Waals surface area contributed by atoms with Crippen LogP contribution >= 0.6 is 11.3 Å². The van der Waals surface area contributed by atoms with Gasteiger partial charge in [0.05, 0.1) is 24.6 Å². The van der Waals surface area contributed by atoms with E-state index in [2.05, 4.69) is 38.0 Å². The number of morpholine rings is 1. The summed E-state index contributed by atoms with van der Waals surface area (Å²) in [7, 11) is 0. The van der Waals surface area contributed by atoms with Crippen LogP contribution in [0.1, 0.15) is 0 Å². The standard InChI is InChI=1S/C32H27FN8O2S/c33-22-4-6-24(7-5-22)36-31(42)37-25-3-1-2-21(20-25)28-29(41-16-19-44-32(41)39-28)27-12-13-34-30(38-27)35-23-8-10-26(11-9-23)40-14-17-43-18-15-40/h1-13,16,19-20H,14-15,17-18H2,(H,34,35,38)(H2,36,37,42). The Morgan fingerprint density at radius 1 is 0.886 bits per heavy atom. The average molecular weight is 607 g/mol. The Kier molecular flexibility index (Phi) is 7.57. The number of rotatable bonds is 7. The SMILES string of the molecule is O=C(Nc1ccc(F)cc1)Nc1cccc(-c2nc3sccn3c2-c2ccnc(Nc3ccc(N4CCOCC4)cc3)n2)c1. The van der Waals surface area contributed by atoms with Gasteiger partial charge in [0.15, 0.2) is 4.96 Å². The third-order valence-electron chi connectivity index (χ3n) is 7.16. The molecule has 0 radical (unpaired) electrons. The predicted molar refractivity (Wildman–Crippen MR) is 171 cm³/mol. The van der Waals surface area contributed by atoms with Crippen molar-refractivity contribution >= 4 is 51.0 Å². The summed E-state index contributed by atoms with van der Waals surface area (Å²) in [4.78, 5) is 30.0. The second-order valence-corrected chi connectivity index (χ2v) is 10.9. The number of urea groups is 1. The summed E-state index contributed by atoms with van der Waals surface area (Å²) in [5, 5.41) is 10.9. The van der Waals surface area contributed by atoms with Gasteiger partial charge in [-0.1, -0.05) is 12.1 Å². The fraction of sp³-hybridized carbons (Fsp3) is 0.125. The number of anilines is 5. The molecule has 1 saturated heterocycles. The summed E-state index contributed by atoms with van der Waals surface area (Å²) in [6.07, 6.45) is 3.68. The highest BCUT2D eigenvalue weighted by molar-refractivity contribution is 7.15. The molecule has 3 N–H and O–H groups in total. The molecule has 0 bridgehead atoms. The largest absolute Gasteiger partial charge is 0.378 e. The fourth-order valence-corrected chi connectivity index (χ4v) is 5.77. The van der Waals surface area contributed by atoms with Gasteiger partial charge in [0.1, 0.15) is 11.5 Å². The van der Waals surface area contributed by atoms with Gasteiger partial charge in [-0.25, -0.2) is 24.1 Å². The number of ether oxygens (including phenoxy) is 1. The molecule has 0 aliphatic carbocycles. The lowest BCUT2D eigenvalue weighted by molar-refractivity contribution is 0.122. The summed E-state index contributed by atoms with van der Waals surface area (Å²) in [6.45, 7) is 3.24. The number of hydrogen-bond donors (Lipinski definition) is 3. The van der Waals surface area contributed by atoms with Crippen molar-refractivity contribution in [1.29, 1.82) is 0 Å². The van der Waals surface area contributed by atoms with Crippen LogP contribution in [-0.4, -0.2) is 51.7 Å². The van der Waals surface area contributed by atoms with E-state index in [1.807, 2.05) is 52.4 Å². The van der Waals surface area contributed by atoms with E-state index < -0.39 is 6.03 Å². The highest BCUT2D eigenvalue weighted by atomic mass is 32.1. The Labute approximate surface area is 256 Å². The number of benzene rings is 3. The summed E-state index contributed by atoms with van der Waals surface area (Å²) in [6, 6.07) is 22.7. The molecule has 6 aromatic rings. The minimum Gasteiger partial charge on any atom is -0.378 e. The van der Waals surface area contributed by atoms with E-state index in [0.29, 0.717) is 23.0 Å². The van der Waals surface area contributed by atoms with Crippen LogP contribution in [0.25, 0.3) is 27.6 Å². The molecule has 7 rings (SSSR count). The molecule has 220 valence electrons. The van der Waals surface area contributed by atoms with E-state index in [9.17, 15) is 9.18 Å². The van der Waals surface area contributed by atoms with Gasteiger partial charge in [-0.2, -0.15) is 0 Å². The fourth-order valence-electron chi connectivity index (χ4n) is 5.06. The first kappa shape index (κ1) is 27.5. The van der Waals surface area contributed by atoms with Crippen LogP contribution in [0.2, 0.25) is 0 Å². The van der Waals surface area contributed by atoms with Crippen molar-refractivity contribution in [2.45, 2.75) is 0 Å². The van der Waals surface area contributed by atoms with Gasteiger partial charge in [0, 0.05) is 59.2 Å². The van der Waals surface area contributed by atoms with Crippen LogP contribution < -0.4 is 20.9 Å². The molecule has 10 nitrogen and oxygen atoms in total. The average Bonchev–Trinajstić information content (AvgIpc) is 3.65. The smallest absolute Gasteiger partial charge is 0.323 e. The molecule has 44 heavy (non-hydrogen) atoms. The maximum atomic E-state index is 13.2. The van der Waals surface area contributed by atoms with Crippen LogP contribution in [0.4, 0.5) is 37.9 Å². The number of fused-ring (bicyclic) bond motifs is 1. The molecule has 1 aliphatic heterocycles. The van der Waals surface area contributed by atoms with Gasteiger partial charge < -0.3 is 25.6 Å². The van der Waals surface area contributed by atoms with E-state index in [1.165, 1.54) is 35.6 Å². The van der Waals surface area contributed by atoms with Crippen LogP contribution in [0.3, 0.4) is 0 Å². The number of aromatic nitrogens is 4. The topological polar surface area (TPSA) is 109 Å². The minimum absolute atomic E-state index is 0.371. The first-order valence-electron chi connectivity index (χ1n) is 14.0. The summed E-state index contributed by atoms with van der Waals surface area (Å²) in [5.41, 5.74) is 6.13. The minimum atomic E-state index is -0.440. The van der Waals surface area contributed by atoms with Crippen LogP contribution in [-0.2, 0) is 4.74 Å². The lowest BCUT2D eigenvalue weighted by Gasteiger charge is -2.28. The summed E-state index contributed by atoms with van der Waals surface area (Å²) < 4.78 is 20.7. The van der Waals surface area contributed by atoms with Crippen molar-refractivity contribution in [2.24, 2.45) is 0 Å². The van der Waals surface area contributed by atoms with Crippen molar-refractivity contribution in [3.63, 3.8) is 0 Å². The van der Waals surface area contributed by atoms with Crippen LogP contribution in [0, 0.1) is 5.82 Å². The molecule has 3 aromatic heterocycles. The Morgan fingerprint density at radius 3 is 2.48 bits per heavy atom. The van der Waals surface area contributed by atoms with Gasteiger partial charge in [-0.3, -0.25) is 4.40 Å². The number of hydrogen-bond acceptors (Lipinski definition) is 8.